The van der Waals surface area contributed by atoms with E-state index in [9.17, 15) is 13.6 Å². The number of nitrogens with zero attached hydrogens (tertiary/aromatic N) is 1. The van der Waals surface area contributed by atoms with Crippen molar-refractivity contribution < 1.29 is 13.6 Å². The van der Waals surface area contributed by atoms with E-state index in [0.29, 0.717) is 5.69 Å². The third-order valence-electron chi connectivity index (χ3n) is 2.63. The summed E-state index contributed by atoms with van der Waals surface area (Å²) in [5.74, 6) is -1.61. The lowest BCUT2D eigenvalue weighted by atomic mass is 10.2. The Balaban J connectivity index is 2.10. The smallest absolute Gasteiger partial charge is 0.270 e. The third kappa shape index (κ3) is 3.98. The van der Waals surface area contributed by atoms with Gasteiger partial charge in [-0.3, -0.25) is 4.79 Å². The number of amides is 1. The van der Waals surface area contributed by atoms with Gasteiger partial charge in [-0.2, -0.15) is 0 Å². The van der Waals surface area contributed by atoms with Gasteiger partial charge in [0, 0.05) is 12.1 Å². The summed E-state index contributed by atoms with van der Waals surface area (Å²) in [5.41, 5.74) is 0.910. The number of hydrogen-bond acceptors (Lipinski definition) is 3. The fourth-order valence-electron chi connectivity index (χ4n) is 1.68. The number of rotatable bonds is 4. The van der Waals surface area contributed by atoms with Gasteiger partial charge in [-0.1, -0.05) is 0 Å². The number of benzene rings is 1. The molecule has 110 valence electrons. The highest BCUT2D eigenvalue weighted by Gasteiger charge is 2.09. The largest absolute Gasteiger partial charge is 0.352 e. The summed E-state index contributed by atoms with van der Waals surface area (Å²) in [6, 6.07) is 6.39. The van der Waals surface area contributed by atoms with Crippen LogP contribution in [0.3, 0.4) is 0 Å². The van der Waals surface area contributed by atoms with Gasteiger partial charge in [-0.25, -0.2) is 13.8 Å². The average molecular weight is 291 g/mol. The fraction of sp³-hybridized carbons (Fsp3) is 0.200. The molecule has 0 aliphatic carbocycles. The Morgan fingerprint density at radius 3 is 2.52 bits per heavy atom. The molecule has 0 radical (unpaired) electrons. The standard InChI is InChI=1S/C15H15F2N3O/c1-9(2)19-15(21)14-6-4-11(8-18-14)20-13-5-3-10(16)7-12(13)17/h3-9,20H,1-2H3,(H,19,21). The predicted molar refractivity (Wildman–Crippen MR) is 76.5 cm³/mol. The second-order valence-electron chi connectivity index (χ2n) is 4.81. The van der Waals surface area contributed by atoms with Crippen LogP contribution in [0.25, 0.3) is 0 Å². The van der Waals surface area contributed by atoms with Gasteiger partial charge in [-0.05, 0) is 38.1 Å². The highest BCUT2D eigenvalue weighted by molar-refractivity contribution is 5.92. The molecular formula is C15H15F2N3O. The lowest BCUT2D eigenvalue weighted by molar-refractivity contribution is 0.0938. The first-order valence-electron chi connectivity index (χ1n) is 6.44. The number of carbonyl (C=O) groups excluding carboxylic acids is 1. The van der Waals surface area contributed by atoms with E-state index < -0.39 is 11.6 Å². The van der Waals surface area contributed by atoms with Crippen molar-refractivity contribution in [1.29, 1.82) is 0 Å². The van der Waals surface area contributed by atoms with Gasteiger partial charge in [0.2, 0.25) is 0 Å². The zero-order chi connectivity index (χ0) is 15.4. The molecule has 1 heterocycles. The minimum absolute atomic E-state index is 0.0189. The van der Waals surface area contributed by atoms with Crippen molar-refractivity contribution >= 4 is 17.3 Å². The summed E-state index contributed by atoms with van der Waals surface area (Å²) in [6.45, 7) is 3.70. The molecule has 0 bridgehead atoms. The molecule has 0 fully saturated rings. The van der Waals surface area contributed by atoms with Gasteiger partial charge in [0.05, 0.1) is 17.6 Å². The Kier molecular flexibility index (Phi) is 4.47. The number of carbonyl (C=O) groups is 1. The molecule has 0 unspecified atom stereocenters. The maximum absolute atomic E-state index is 13.5. The Morgan fingerprint density at radius 1 is 1.19 bits per heavy atom. The van der Waals surface area contributed by atoms with Crippen molar-refractivity contribution in [3.8, 4) is 0 Å². The third-order valence-corrected chi connectivity index (χ3v) is 2.63. The van der Waals surface area contributed by atoms with Crippen molar-refractivity contribution in [3.05, 3.63) is 53.9 Å². The van der Waals surface area contributed by atoms with Crippen LogP contribution in [0.5, 0.6) is 0 Å². The second-order valence-corrected chi connectivity index (χ2v) is 4.81. The van der Waals surface area contributed by atoms with Gasteiger partial charge in [0.25, 0.3) is 5.91 Å². The number of halogens is 2. The molecule has 1 amide bonds. The van der Waals surface area contributed by atoms with E-state index in [2.05, 4.69) is 15.6 Å². The van der Waals surface area contributed by atoms with Gasteiger partial charge >= 0.3 is 0 Å². The number of nitrogens with one attached hydrogen (secondary N) is 2. The summed E-state index contributed by atoms with van der Waals surface area (Å²) >= 11 is 0. The van der Waals surface area contributed by atoms with E-state index in [0.717, 1.165) is 12.1 Å². The molecular weight excluding hydrogens is 276 g/mol. The van der Waals surface area contributed by atoms with E-state index >= 15 is 0 Å². The zero-order valence-corrected chi connectivity index (χ0v) is 11.7. The molecule has 0 saturated heterocycles. The lowest BCUT2D eigenvalue weighted by Crippen LogP contribution is -2.30. The Labute approximate surface area is 121 Å². The molecule has 2 N–H and O–H groups in total. The molecule has 0 saturated carbocycles. The van der Waals surface area contributed by atoms with E-state index in [1.807, 2.05) is 13.8 Å². The predicted octanol–water partition coefficient (Wildman–Crippen LogP) is 3.24. The van der Waals surface area contributed by atoms with Crippen LogP contribution in [-0.4, -0.2) is 16.9 Å². The van der Waals surface area contributed by atoms with Crippen molar-refractivity contribution in [2.24, 2.45) is 0 Å². The van der Waals surface area contributed by atoms with Crippen molar-refractivity contribution in [3.63, 3.8) is 0 Å². The minimum Gasteiger partial charge on any atom is -0.352 e. The topological polar surface area (TPSA) is 54.0 Å². The summed E-state index contributed by atoms with van der Waals surface area (Å²) in [4.78, 5) is 15.7. The van der Waals surface area contributed by atoms with Gasteiger partial charge in [0.1, 0.15) is 17.3 Å². The molecule has 0 aliphatic heterocycles. The minimum atomic E-state index is -0.698. The normalized spacial score (nSPS) is 10.5. The van der Waals surface area contributed by atoms with Gasteiger partial charge < -0.3 is 10.6 Å². The summed E-state index contributed by atoms with van der Waals surface area (Å²) in [5, 5.41) is 5.49. The lowest BCUT2D eigenvalue weighted by Gasteiger charge is -2.09. The zero-order valence-electron chi connectivity index (χ0n) is 11.7. The molecule has 4 nitrogen and oxygen atoms in total. The Morgan fingerprint density at radius 2 is 1.95 bits per heavy atom. The van der Waals surface area contributed by atoms with Crippen molar-refractivity contribution in [2.45, 2.75) is 19.9 Å². The second kappa shape index (κ2) is 6.30. The van der Waals surface area contributed by atoms with E-state index in [-0.39, 0.29) is 23.3 Å². The molecule has 2 rings (SSSR count). The number of anilines is 2. The van der Waals surface area contributed by atoms with Crippen LogP contribution in [0.4, 0.5) is 20.2 Å². The number of hydrogen-bond donors (Lipinski definition) is 2. The first-order chi connectivity index (χ1) is 9.95. The maximum Gasteiger partial charge on any atom is 0.270 e. The molecule has 0 atom stereocenters. The number of aromatic nitrogens is 1. The summed E-state index contributed by atoms with van der Waals surface area (Å²) in [6.07, 6.45) is 1.41. The summed E-state index contributed by atoms with van der Waals surface area (Å²) in [7, 11) is 0. The van der Waals surface area contributed by atoms with Crippen LogP contribution in [0.1, 0.15) is 24.3 Å². The average Bonchev–Trinajstić information content (AvgIpc) is 2.42. The Bertz CT molecular complexity index is 642. The van der Waals surface area contributed by atoms with Crippen LogP contribution in [0.15, 0.2) is 36.5 Å². The van der Waals surface area contributed by atoms with Crippen molar-refractivity contribution in [1.82, 2.24) is 10.3 Å². The van der Waals surface area contributed by atoms with Gasteiger partial charge in [0.15, 0.2) is 0 Å². The monoisotopic (exact) mass is 291 g/mol. The SMILES string of the molecule is CC(C)NC(=O)c1ccc(Nc2ccc(F)cc2F)cn1. The molecule has 1 aromatic carbocycles. The van der Waals surface area contributed by atoms with Crippen LogP contribution in [-0.2, 0) is 0 Å². The van der Waals surface area contributed by atoms with Crippen molar-refractivity contribution in [2.75, 3.05) is 5.32 Å². The first-order valence-corrected chi connectivity index (χ1v) is 6.44. The molecule has 0 spiro atoms. The van der Waals surface area contributed by atoms with Crippen LogP contribution in [0, 0.1) is 11.6 Å². The van der Waals surface area contributed by atoms with Crippen LogP contribution < -0.4 is 10.6 Å². The van der Waals surface area contributed by atoms with Crippen LogP contribution in [0.2, 0.25) is 0 Å². The Hall–Kier alpha value is -2.50. The molecule has 2 aromatic rings. The number of pyridine rings is 1. The molecule has 6 heteroatoms. The first kappa shape index (κ1) is 14.9. The van der Waals surface area contributed by atoms with Crippen LogP contribution >= 0.6 is 0 Å². The fourth-order valence-corrected chi connectivity index (χ4v) is 1.68. The quantitative estimate of drug-likeness (QED) is 0.909. The van der Waals surface area contributed by atoms with E-state index in [1.54, 1.807) is 6.07 Å². The highest BCUT2D eigenvalue weighted by atomic mass is 19.1. The molecule has 21 heavy (non-hydrogen) atoms. The van der Waals surface area contributed by atoms with Gasteiger partial charge in [-0.15, -0.1) is 0 Å². The summed E-state index contributed by atoms with van der Waals surface area (Å²) < 4.78 is 26.3. The maximum atomic E-state index is 13.5. The highest BCUT2D eigenvalue weighted by Crippen LogP contribution is 2.20. The molecule has 1 aromatic heterocycles. The molecule has 0 aliphatic rings. The van der Waals surface area contributed by atoms with E-state index in [4.69, 9.17) is 0 Å². The van der Waals surface area contributed by atoms with E-state index in [1.165, 1.54) is 18.3 Å².